The smallest absolute Gasteiger partial charge is 0.410 e. The Hall–Kier alpha value is -3.20. The van der Waals surface area contributed by atoms with Gasteiger partial charge >= 0.3 is 6.09 Å². The summed E-state index contributed by atoms with van der Waals surface area (Å²) in [6.07, 6.45) is -0.257. The monoisotopic (exact) mass is 502 g/mol. The number of halogens is 1. The molecule has 2 aliphatic heterocycles. The fourth-order valence-electron chi connectivity index (χ4n) is 3.97. The van der Waals surface area contributed by atoms with Crippen LogP contribution in [0, 0.1) is 0 Å². The largest absolute Gasteiger partial charge is 0.508 e. The Bertz CT molecular complexity index is 920. The first-order valence-electron chi connectivity index (χ1n) is 12.5. The summed E-state index contributed by atoms with van der Waals surface area (Å²) in [5.74, 6) is 0.998. The van der Waals surface area contributed by atoms with Crippen LogP contribution in [0.5, 0.6) is 11.5 Å². The average Bonchev–Trinajstić information content (AvgIpc) is 2.88. The van der Waals surface area contributed by atoms with Crippen LogP contribution in [-0.2, 0) is 4.74 Å². The van der Waals surface area contributed by atoms with Crippen molar-refractivity contribution in [1.29, 1.82) is 0 Å². The number of alkyl halides is 1. The highest BCUT2D eigenvalue weighted by molar-refractivity contribution is 5.68. The van der Waals surface area contributed by atoms with Gasteiger partial charge in [-0.2, -0.15) is 0 Å². The minimum atomic E-state index is -0.492. The number of carbonyl (C=O) groups is 1. The lowest BCUT2D eigenvalue weighted by atomic mass is 10.2. The SMILES string of the molecule is CC(C)(C)OC(=O)N1CCN(c2ccc(OCCF)cc2)CC1.Oc1ccc(N2CCNCC2)cc1. The normalized spacial score (nSPS) is 16.2. The molecule has 0 spiro atoms. The minimum absolute atomic E-state index is 0.0773. The molecule has 1 amide bonds. The summed E-state index contributed by atoms with van der Waals surface area (Å²) in [6.45, 7) is 12.1. The van der Waals surface area contributed by atoms with Crippen molar-refractivity contribution < 1.29 is 23.8 Å². The first kappa shape index (κ1) is 27.4. The number of benzene rings is 2. The highest BCUT2D eigenvalue weighted by Crippen LogP contribution is 2.22. The highest BCUT2D eigenvalue weighted by atomic mass is 19.1. The van der Waals surface area contributed by atoms with E-state index in [0.29, 0.717) is 24.6 Å². The van der Waals surface area contributed by atoms with Gasteiger partial charge in [0.2, 0.25) is 0 Å². The van der Waals surface area contributed by atoms with Crippen molar-refractivity contribution in [3.05, 3.63) is 48.5 Å². The molecule has 2 aromatic carbocycles. The van der Waals surface area contributed by atoms with Gasteiger partial charge in [0.15, 0.2) is 0 Å². The number of rotatable bonds is 5. The van der Waals surface area contributed by atoms with Crippen molar-refractivity contribution in [2.75, 3.05) is 75.4 Å². The zero-order valence-electron chi connectivity index (χ0n) is 21.6. The Balaban J connectivity index is 0.000000233. The molecule has 0 aromatic heterocycles. The second kappa shape index (κ2) is 13.2. The number of aromatic hydroxyl groups is 1. The molecule has 8 nitrogen and oxygen atoms in total. The number of ether oxygens (including phenoxy) is 2. The molecule has 198 valence electrons. The topological polar surface area (TPSA) is 77.5 Å². The van der Waals surface area contributed by atoms with Gasteiger partial charge < -0.3 is 34.6 Å². The fourth-order valence-corrected chi connectivity index (χ4v) is 3.97. The summed E-state index contributed by atoms with van der Waals surface area (Å²) in [6, 6.07) is 15.0. The molecule has 0 unspecified atom stereocenters. The molecule has 2 aliphatic rings. The zero-order valence-corrected chi connectivity index (χ0v) is 21.6. The lowest BCUT2D eigenvalue weighted by Crippen LogP contribution is -2.50. The standard InChI is InChI=1S/C17H25FN2O3.C10H14N2O/c1-17(2,3)23-16(21)20-11-9-19(10-12-20)14-4-6-15(7-5-14)22-13-8-18;13-10-3-1-9(2-4-10)12-7-5-11-6-8-12/h4-7H,8-13H2,1-3H3;1-4,11,13H,5-8H2. The number of hydrogen-bond acceptors (Lipinski definition) is 7. The maximum absolute atomic E-state index is 12.1. The molecular formula is C27H39FN4O4. The van der Waals surface area contributed by atoms with Crippen LogP contribution in [0.3, 0.4) is 0 Å². The van der Waals surface area contributed by atoms with E-state index in [-0.39, 0.29) is 12.7 Å². The van der Waals surface area contributed by atoms with E-state index in [2.05, 4.69) is 15.1 Å². The summed E-state index contributed by atoms with van der Waals surface area (Å²) in [4.78, 5) is 18.3. The Morgan fingerprint density at radius 1 is 0.889 bits per heavy atom. The summed E-state index contributed by atoms with van der Waals surface area (Å²) in [5, 5.41) is 12.4. The van der Waals surface area contributed by atoms with Crippen molar-refractivity contribution in [2.24, 2.45) is 0 Å². The molecule has 0 aliphatic carbocycles. The van der Waals surface area contributed by atoms with Crippen LogP contribution in [0.25, 0.3) is 0 Å². The Kier molecular flexibility index (Phi) is 10.0. The van der Waals surface area contributed by atoms with Gasteiger partial charge in [-0.1, -0.05) is 0 Å². The number of nitrogens with one attached hydrogen (secondary N) is 1. The molecule has 9 heteroatoms. The van der Waals surface area contributed by atoms with Crippen molar-refractivity contribution in [1.82, 2.24) is 10.2 Å². The van der Waals surface area contributed by atoms with E-state index < -0.39 is 12.3 Å². The van der Waals surface area contributed by atoms with Crippen LogP contribution in [0.2, 0.25) is 0 Å². The first-order chi connectivity index (χ1) is 17.2. The highest BCUT2D eigenvalue weighted by Gasteiger charge is 2.25. The molecule has 2 N–H and O–H groups in total. The van der Waals surface area contributed by atoms with Gasteiger partial charge in [-0.3, -0.25) is 0 Å². The van der Waals surface area contributed by atoms with Gasteiger partial charge in [0, 0.05) is 63.7 Å². The number of hydrogen-bond donors (Lipinski definition) is 2. The third-order valence-electron chi connectivity index (χ3n) is 5.81. The van der Waals surface area contributed by atoms with E-state index in [9.17, 15) is 9.18 Å². The van der Waals surface area contributed by atoms with Crippen LogP contribution in [0.1, 0.15) is 20.8 Å². The maximum atomic E-state index is 12.1. The molecule has 4 rings (SSSR count). The molecule has 0 radical (unpaired) electrons. The summed E-state index contributed by atoms with van der Waals surface area (Å²) >= 11 is 0. The number of phenols is 1. The molecule has 2 heterocycles. The summed E-state index contributed by atoms with van der Waals surface area (Å²) in [7, 11) is 0. The number of anilines is 2. The summed E-state index contributed by atoms with van der Waals surface area (Å²) < 4.78 is 22.7. The fraction of sp³-hybridized carbons (Fsp3) is 0.519. The van der Waals surface area contributed by atoms with Gasteiger partial charge in [-0.05, 0) is 69.3 Å². The number of carbonyl (C=O) groups excluding carboxylic acids is 1. The molecule has 36 heavy (non-hydrogen) atoms. The van der Waals surface area contributed by atoms with Crippen LogP contribution in [0.15, 0.2) is 48.5 Å². The van der Waals surface area contributed by atoms with E-state index in [1.54, 1.807) is 17.0 Å². The van der Waals surface area contributed by atoms with Crippen molar-refractivity contribution in [3.8, 4) is 11.5 Å². The van der Waals surface area contributed by atoms with Crippen molar-refractivity contribution in [3.63, 3.8) is 0 Å². The van der Waals surface area contributed by atoms with E-state index in [1.807, 2.05) is 57.2 Å². The first-order valence-corrected chi connectivity index (χ1v) is 12.5. The molecule has 2 aromatic rings. The van der Waals surface area contributed by atoms with Gasteiger partial charge in [-0.25, -0.2) is 9.18 Å². The molecule has 0 bridgehead atoms. The molecule has 2 fully saturated rings. The number of nitrogens with zero attached hydrogens (tertiary/aromatic N) is 3. The molecular weight excluding hydrogens is 463 g/mol. The van der Waals surface area contributed by atoms with E-state index >= 15 is 0 Å². The lowest BCUT2D eigenvalue weighted by molar-refractivity contribution is 0.0240. The Morgan fingerprint density at radius 3 is 1.94 bits per heavy atom. The van der Waals surface area contributed by atoms with Crippen LogP contribution < -0.4 is 19.9 Å². The number of phenolic OH excluding ortho intramolecular Hbond substituents is 1. The third-order valence-corrected chi connectivity index (χ3v) is 5.81. The molecule has 0 atom stereocenters. The predicted octanol–water partition coefficient (Wildman–Crippen LogP) is 3.89. The molecule has 0 saturated carbocycles. The third kappa shape index (κ3) is 8.78. The van der Waals surface area contributed by atoms with E-state index in [0.717, 1.165) is 45.0 Å². The quantitative estimate of drug-likeness (QED) is 0.642. The van der Waals surface area contributed by atoms with Crippen LogP contribution in [0.4, 0.5) is 20.6 Å². The lowest BCUT2D eigenvalue weighted by Gasteiger charge is -2.36. The second-order valence-electron chi connectivity index (χ2n) is 9.74. The van der Waals surface area contributed by atoms with Crippen molar-refractivity contribution >= 4 is 17.5 Å². The van der Waals surface area contributed by atoms with Gasteiger partial charge in [0.1, 0.15) is 30.4 Å². The van der Waals surface area contributed by atoms with Gasteiger partial charge in [-0.15, -0.1) is 0 Å². The van der Waals surface area contributed by atoms with Crippen molar-refractivity contribution in [2.45, 2.75) is 26.4 Å². The maximum Gasteiger partial charge on any atom is 0.410 e. The van der Waals surface area contributed by atoms with Gasteiger partial charge in [0.05, 0.1) is 0 Å². The predicted molar refractivity (Wildman–Crippen MR) is 141 cm³/mol. The molecule has 2 saturated heterocycles. The van der Waals surface area contributed by atoms with Crippen LogP contribution in [-0.4, -0.2) is 87.3 Å². The number of amides is 1. The van der Waals surface area contributed by atoms with E-state index in [4.69, 9.17) is 14.6 Å². The van der Waals surface area contributed by atoms with E-state index in [1.165, 1.54) is 5.69 Å². The summed E-state index contributed by atoms with van der Waals surface area (Å²) in [5.41, 5.74) is 1.80. The Labute approximate surface area is 213 Å². The second-order valence-corrected chi connectivity index (χ2v) is 9.74. The van der Waals surface area contributed by atoms with Gasteiger partial charge in [0.25, 0.3) is 0 Å². The van der Waals surface area contributed by atoms with Crippen LogP contribution >= 0.6 is 0 Å². The minimum Gasteiger partial charge on any atom is -0.508 e. The Morgan fingerprint density at radius 2 is 1.42 bits per heavy atom. The average molecular weight is 503 g/mol. The number of piperazine rings is 2. The zero-order chi connectivity index (χ0) is 26.0.